The predicted molar refractivity (Wildman–Crippen MR) is 96.5 cm³/mol. The number of anilines is 1. The SMILES string of the molecule is Cc1cc(Br)c(S(=O)(=O)Nc2ccccc2CBr)cc1Br. The van der Waals surface area contributed by atoms with Crippen LogP contribution in [0.3, 0.4) is 0 Å². The Morgan fingerprint density at radius 2 is 1.76 bits per heavy atom. The van der Waals surface area contributed by atoms with E-state index in [0.717, 1.165) is 15.6 Å². The van der Waals surface area contributed by atoms with Crippen molar-refractivity contribution in [1.29, 1.82) is 0 Å². The number of sulfonamides is 1. The zero-order valence-corrected chi connectivity index (χ0v) is 16.6. The van der Waals surface area contributed by atoms with Gasteiger partial charge in [0.25, 0.3) is 10.0 Å². The van der Waals surface area contributed by atoms with Crippen molar-refractivity contribution in [2.45, 2.75) is 17.1 Å². The summed E-state index contributed by atoms with van der Waals surface area (Å²) in [7, 11) is -3.66. The van der Waals surface area contributed by atoms with Crippen molar-refractivity contribution in [3.63, 3.8) is 0 Å². The first-order valence-corrected chi connectivity index (χ1v) is 10.2. The topological polar surface area (TPSA) is 46.2 Å². The van der Waals surface area contributed by atoms with Gasteiger partial charge in [-0.15, -0.1) is 0 Å². The molecule has 7 heteroatoms. The standard InChI is InChI=1S/C14H12Br3NO2S/c1-9-6-12(17)14(7-11(9)16)21(19,20)18-13-5-3-2-4-10(13)8-15/h2-7,18H,8H2,1H3. The van der Waals surface area contributed by atoms with Gasteiger partial charge in [-0.05, 0) is 52.2 Å². The van der Waals surface area contributed by atoms with Crippen LogP contribution in [0.15, 0.2) is 50.2 Å². The molecule has 0 aliphatic carbocycles. The summed E-state index contributed by atoms with van der Waals surface area (Å²) in [5, 5.41) is 0.574. The first-order valence-electron chi connectivity index (χ1n) is 5.97. The van der Waals surface area contributed by atoms with Crippen molar-refractivity contribution in [2.75, 3.05) is 4.72 Å². The first-order chi connectivity index (χ1) is 9.85. The second-order valence-electron chi connectivity index (χ2n) is 4.43. The van der Waals surface area contributed by atoms with E-state index in [2.05, 4.69) is 52.5 Å². The summed E-state index contributed by atoms with van der Waals surface area (Å²) < 4.78 is 29.1. The molecule has 1 N–H and O–H groups in total. The molecular formula is C14H12Br3NO2S. The molecule has 112 valence electrons. The second-order valence-corrected chi connectivity index (χ2v) is 8.35. The van der Waals surface area contributed by atoms with E-state index in [1.54, 1.807) is 24.3 Å². The van der Waals surface area contributed by atoms with Crippen LogP contribution in [-0.4, -0.2) is 8.42 Å². The van der Waals surface area contributed by atoms with Gasteiger partial charge in [-0.3, -0.25) is 4.72 Å². The molecule has 21 heavy (non-hydrogen) atoms. The quantitative estimate of drug-likeness (QED) is 0.589. The Bertz CT molecular complexity index is 776. The lowest BCUT2D eigenvalue weighted by molar-refractivity contribution is 0.600. The Balaban J connectivity index is 2.46. The van der Waals surface area contributed by atoms with Gasteiger partial charge < -0.3 is 0 Å². The maximum atomic E-state index is 12.6. The van der Waals surface area contributed by atoms with Crippen LogP contribution in [-0.2, 0) is 15.4 Å². The van der Waals surface area contributed by atoms with Gasteiger partial charge in [-0.2, -0.15) is 0 Å². The molecule has 0 unspecified atom stereocenters. The number of aryl methyl sites for hydroxylation is 1. The molecule has 0 aliphatic heterocycles. The normalized spacial score (nSPS) is 11.4. The summed E-state index contributed by atoms with van der Waals surface area (Å²) in [5.74, 6) is 0. The molecule has 0 saturated heterocycles. The highest BCUT2D eigenvalue weighted by molar-refractivity contribution is 9.11. The Morgan fingerprint density at radius 1 is 1.10 bits per heavy atom. The number of para-hydroxylation sites is 1. The summed E-state index contributed by atoms with van der Waals surface area (Å²) in [6.45, 7) is 1.90. The summed E-state index contributed by atoms with van der Waals surface area (Å²) >= 11 is 10.0. The van der Waals surface area contributed by atoms with Crippen LogP contribution in [0.5, 0.6) is 0 Å². The highest BCUT2D eigenvalue weighted by atomic mass is 79.9. The minimum Gasteiger partial charge on any atom is -0.279 e. The van der Waals surface area contributed by atoms with Gasteiger partial charge >= 0.3 is 0 Å². The van der Waals surface area contributed by atoms with Gasteiger partial charge in [0.2, 0.25) is 0 Å². The fourth-order valence-electron chi connectivity index (χ4n) is 1.77. The van der Waals surface area contributed by atoms with Crippen molar-refractivity contribution in [1.82, 2.24) is 0 Å². The number of hydrogen-bond acceptors (Lipinski definition) is 2. The summed E-state index contributed by atoms with van der Waals surface area (Å²) in [6, 6.07) is 10.6. The smallest absolute Gasteiger partial charge is 0.263 e. The molecule has 0 heterocycles. The van der Waals surface area contributed by atoms with Gasteiger partial charge in [0, 0.05) is 14.3 Å². The zero-order chi connectivity index (χ0) is 15.6. The van der Waals surface area contributed by atoms with Crippen LogP contribution < -0.4 is 4.72 Å². The Kier molecular flexibility index (Phi) is 5.51. The number of alkyl halides is 1. The van der Waals surface area contributed by atoms with Gasteiger partial charge in [-0.1, -0.05) is 50.1 Å². The minimum atomic E-state index is -3.66. The fourth-order valence-corrected chi connectivity index (χ4v) is 5.04. The van der Waals surface area contributed by atoms with Crippen LogP contribution in [0, 0.1) is 6.92 Å². The second kappa shape index (κ2) is 6.81. The molecule has 0 saturated carbocycles. The highest BCUT2D eigenvalue weighted by Gasteiger charge is 2.20. The van der Waals surface area contributed by atoms with E-state index in [0.29, 0.717) is 15.5 Å². The van der Waals surface area contributed by atoms with Crippen LogP contribution >= 0.6 is 47.8 Å². The van der Waals surface area contributed by atoms with E-state index in [4.69, 9.17) is 0 Å². The molecule has 0 bridgehead atoms. The lowest BCUT2D eigenvalue weighted by atomic mass is 10.2. The fraction of sp³-hybridized carbons (Fsp3) is 0.143. The van der Waals surface area contributed by atoms with E-state index in [1.165, 1.54) is 0 Å². The van der Waals surface area contributed by atoms with Gasteiger partial charge in [0.1, 0.15) is 4.90 Å². The maximum absolute atomic E-state index is 12.6. The molecule has 3 nitrogen and oxygen atoms in total. The lowest BCUT2D eigenvalue weighted by Gasteiger charge is -2.13. The molecule has 2 aromatic rings. The number of rotatable bonds is 4. The van der Waals surface area contributed by atoms with Crippen LogP contribution in [0.25, 0.3) is 0 Å². The predicted octanol–water partition coefficient (Wildman–Crippen LogP) is 5.22. The van der Waals surface area contributed by atoms with Crippen LogP contribution in [0.4, 0.5) is 5.69 Å². The van der Waals surface area contributed by atoms with Crippen molar-refractivity contribution in [3.8, 4) is 0 Å². The number of halogens is 3. The van der Waals surface area contributed by atoms with Crippen molar-refractivity contribution in [2.24, 2.45) is 0 Å². The molecule has 0 spiro atoms. The van der Waals surface area contributed by atoms with Crippen LogP contribution in [0.2, 0.25) is 0 Å². The lowest BCUT2D eigenvalue weighted by Crippen LogP contribution is -2.14. The Hall–Kier alpha value is -0.370. The van der Waals surface area contributed by atoms with E-state index in [1.807, 2.05) is 19.1 Å². The summed E-state index contributed by atoms with van der Waals surface area (Å²) in [4.78, 5) is 0.198. The monoisotopic (exact) mass is 495 g/mol. The molecule has 2 aromatic carbocycles. The van der Waals surface area contributed by atoms with Crippen LogP contribution in [0.1, 0.15) is 11.1 Å². The van der Waals surface area contributed by atoms with E-state index in [9.17, 15) is 8.42 Å². The molecule has 0 atom stereocenters. The van der Waals surface area contributed by atoms with Crippen molar-refractivity contribution < 1.29 is 8.42 Å². The van der Waals surface area contributed by atoms with Gasteiger partial charge in [0.15, 0.2) is 0 Å². The van der Waals surface area contributed by atoms with Crippen molar-refractivity contribution in [3.05, 3.63) is 56.5 Å². The van der Waals surface area contributed by atoms with E-state index < -0.39 is 10.0 Å². The molecule has 0 fully saturated rings. The zero-order valence-electron chi connectivity index (χ0n) is 11.0. The van der Waals surface area contributed by atoms with Crippen molar-refractivity contribution >= 4 is 63.5 Å². The number of benzene rings is 2. The third kappa shape index (κ3) is 3.88. The third-order valence-electron chi connectivity index (χ3n) is 2.91. The summed E-state index contributed by atoms with van der Waals surface area (Å²) in [6.07, 6.45) is 0. The Labute approximate surface area is 149 Å². The molecule has 0 aliphatic rings. The first kappa shape index (κ1) is 17.0. The largest absolute Gasteiger partial charge is 0.279 e. The third-order valence-corrected chi connectivity index (χ3v) is 6.69. The van der Waals surface area contributed by atoms with E-state index >= 15 is 0 Å². The molecule has 0 amide bonds. The van der Waals surface area contributed by atoms with Gasteiger partial charge in [-0.25, -0.2) is 8.42 Å². The van der Waals surface area contributed by atoms with Gasteiger partial charge in [0.05, 0.1) is 5.69 Å². The Morgan fingerprint density at radius 3 is 2.43 bits per heavy atom. The molecule has 0 aromatic heterocycles. The van der Waals surface area contributed by atoms with E-state index in [-0.39, 0.29) is 4.90 Å². The molecule has 0 radical (unpaired) electrons. The maximum Gasteiger partial charge on any atom is 0.263 e. The average molecular weight is 498 g/mol. The number of nitrogens with one attached hydrogen (secondary N) is 1. The average Bonchev–Trinajstić information content (AvgIpc) is 2.43. The number of hydrogen-bond donors (Lipinski definition) is 1. The summed E-state index contributed by atoms with van der Waals surface area (Å²) in [5.41, 5.74) is 2.41. The molecular weight excluding hydrogens is 486 g/mol. The highest BCUT2D eigenvalue weighted by Crippen LogP contribution is 2.30. The molecule has 2 rings (SSSR count). The minimum absolute atomic E-state index is 0.198.